The summed E-state index contributed by atoms with van der Waals surface area (Å²) in [6.07, 6.45) is 0.186. The molecule has 1 aromatic heterocycles. The van der Waals surface area contributed by atoms with E-state index in [-0.39, 0.29) is 18.9 Å². The second-order valence-corrected chi connectivity index (χ2v) is 4.43. The second kappa shape index (κ2) is 5.87. The van der Waals surface area contributed by atoms with E-state index in [0.717, 1.165) is 4.47 Å². The molecule has 15 heavy (non-hydrogen) atoms. The quantitative estimate of drug-likeness (QED) is 0.861. The Balaban J connectivity index is 2.38. The van der Waals surface area contributed by atoms with Gasteiger partial charge in [0.15, 0.2) is 0 Å². The molecule has 0 unspecified atom stereocenters. The standard InChI is InChI=1S/C9H10BrNO3S/c1-11-7(12)2-4-14-9(13)8-6(10)3-5-15-8/h3,5H,2,4H2,1H3,(H,11,12). The minimum Gasteiger partial charge on any atom is -0.461 e. The maximum Gasteiger partial charge on any atom is 0.349 e. The van der Waals surface area contributed by atoms with Gasteiger partial charge in [0.25, 0.3) is 0 Å². The zero-order valence-corrected chi connectivity index (χ0v) is 10.5. The van der Waals surface area contributed by atoms with E-state index in [1.54, 1.807) is 18.5 Å². The van der Waals surface area contributed by atoms with Crippen molar-refractivity contribution in [2.45, 2.75) is 6.42 Å². The first-order chi connectivity index (χ1) is 7.15. The molecular formula is C9H10BrNO3S. The minimum atomic E-state index is -0.402. The molecule has 0 saturated carbocycles. The van der Waals surface area contributed by atoms with Crippen LogP contribution in [0.25, 0.3) is 0 Å². The monoisotopic (exact) mass is 291 g/mol. The molecule has 0 saturated heterocycles. The van der Waals surface area contributed by atoms with Crippen LogP contribution in [0.5, 0.6) is 0 Å². The normalized spacial score (nSPS) is 9.73. The van der Waals surface area contributed by atoms with Gasteiger partial charge in [0.2, 0.25) is 5.91 Å². The number of nitrogens with one attached hydrogen (secondary N) is 1. The topological polar surface area (TPSA) is 55.4 Å². The van der Waals surface area contributed by atoms with Crippen molar-refractivity contribution in [3.8, 4) is 0 Å². The van der Waals surface area contributed by atoms with Crippen molar-refractivity contribution in [1.82, 2.24) is 5.32 Å². The van der Waals surface area contributed by atoms with Crippen LogP contribution in [0, 0.1) is 0 Å². The molecule has 0 aromatic carbocycles. The van der Waals surface area contributed by atoms with Gasteiger partial charge in [0.1, 0.15) is 11.5 Å². The van der Waals surface area contributed by atoms with Crippen LogP contribution in [-0.2, 0) is 9.53 Å². The van der Waals surface area contributed by atoms with Crippen LogP contribution in [0.3, 0.4) is 0 Å². The van der Waals surface area contributed by atoms with Crippen molar-refractivity contribution >= 4 is 39.1 Å². The molecule has 1 aromatic rings. The number of ether oxygens (including phenoxy) is 1. The molecule has 0 atom stereocenters. The van der Waals surface area contributed by atoms with E-state index in [1.807, 2.05) is 0 Å². The first-order valence-electron chi connectivity index (χ1n) is 4.26. The Bertz CT molecular complexity index is 364. The molecule has 0 spiro atoms. The third kappa shape index (κ3) is 3.64. The first-order valence-corrected chi connectivity index (χ1v) is 5.93. The molecule has 0 fully saturated rings. The van der Waals surface area contributed by atoms with E-state index in [4.69, 9.17) is 4.74 Å². The van der Waals surface area contributed by atoms with Gasteiger partial charge in [-0.2, -0.15) is 0 Å². The lowest BCUT2D eigenvalue weighted by atomic mass is 10.4. The van der Waals surface area contributed by atoms with E-state index in [1.165, 1.54) is 11.3 Å². The lowest BCUT2D eigenvalue weighted by molar-refractivity contribution is -0.121. The molecular weight excluding hydrogens is 282 g/mol. The fraction of sp³-hybridized carbons (Fsp3) is 0.333. The van der Waals surface area contributed by atoms with E-state index >= 15 is 0 Å². The summed E-state index contributed by atoms with van der Waals surface area (Å²) in [5, 5.41) is 4.24. The summed E-state index contributed by atoms with van der Waals surface area (Å²) in [6.45, 7) is 0.100. The Morgan fingerprint density at radius 3 is 2.87 bits per heavy atom. The summed E-state index contributed by atoms with van der Waals surface area (Å²) in [4.78, 5) is 22.8. The molecule has 6 heteroatoms. The average molecular weight is 292 g/mol. The predicted molar refractivity (Wildman–Crippen MR) is 61.0 cm³/mol. The summed E-state index contributed by atoms with van der Waals surface area (Å²) >= 11 is 4.53. The molecule has 0 aliphatic heterocycles. The number of carbonyl (C=O) groups is 2. The second-order valence-electron chi connectivity index (χ2n) is 2.66. The molecule has 1 rings (SSSR count). The van der Waals surface area contributed by atoms with Crippen LogP contribution in [0.15, 0.2) is 15.9 Å². The zero-order valence-electron chi connectivity index (χ0n) is 8.08. The zero-order chi connectivity index (χ0) is 11.3. The molecule has 0 bridgehead atoms. The Kier molecular flexibility index (Phi) is 4.77. The van der Waals surface area contributed by atoms with Crippen LogP contribution in [0.1, 0.15) is 16.1 Å². The number of thiophene rings is 1. The minimum absolute atomic E-state index is 0.100. The SMILES string of the molecule is CNC(=O)CCOC(=O)c1sccc1Br. The first kappa shape index (κ1) is 12.2. The van der Waals surface area contributed by atoms with E-state index in [0.29, 0.717) is 4.88 Å². The highest BCUT2D eigenvalue weighted by Crippen LogP contribution is 2.23. The van der Waals surface area contributed by atoms with Crippen molar-refractivity contribution in [1.29, 1.82) is 0 Å². The van der Waals surface area contributed by atoms with Crippen LogP contribution in [0.4, 0.5) is 0 Å². The van der Waals surface area contributed by atoms with Crippen LogP contribution in [-0.4, -0.2) is 25.5 Å². The summed E-state index contributed by atoms with van der Waals surface area (Å²) in [7, 11) is 1.54. The van der Waals surface area contributed by atoms with E-state index in [9.17, 15) is 9.59 Å². The molecule has 1 heterocycles. The Morgan fingerprint density at radius 2 is 2.33 bits per heavy atom. The Morgan fingerprint density at radius 1 is 1.60 bits per heavy atom. The fourth-order valence-electron chi connectivity index (χ4n) is 0.866. The summed E-state index contributed by atoms with van der Waals surface area (Å²) < 4.78 is 5.64. The van der Waals surface area contributed by atoms with Crippen molar-refractivity contribution in [2.24, 2.45) is 0 Å². The highest BCUT2D eigenvalue weighted by molar-refractivity contribution is 9.10. The highest BCUT2D eigenvalue weighted by atomic mass is 79.9. The number of esters is 1. The Hall–Kier alpha value is -0.880. The number of halogens is 1. The number of carbonyl (C=O) groups excluding carboxylic acids is 2. The van der Waals surface area contributed by atoms with Crippen LogP contribution in [0.2, 0.25) is 0 Å². The maximum absolute atomic E-state index is 11.4. The number of hydrogen-bond donors (Lipinski definition) is 1. The maximum atomic E-state index is 11.4. The third-order valence-electron chi connectivity index (χ3n) is 1.64. The fourth-order valence-corrected chi connectivity index (χ4v) is 2.29. The molecule has 1 N–H and O–H groups in total. The van der Waals surface area contributed by atoms with Gasteiger partial charge in [-0.25, -0.2) is 4.79 Å². The molecule has 82 valence electrons. The molecule has 0 aliphatic rings. The molecule has 0 aliphatic carbocycles. The van der Waals surface area contributed by atoms with Gasteiger partial charge in [-0.1, -0.05) is 0 Å². The summed E-state index contributed by atoms with van der Waals surface area (Å²) in [6, 6.07) is 1.78. The predicted octanol–water partition coefficient (Wildman–Crippen LogP) is 1.80. The van der Waals surface area contributed by atoms with Crippen molar-refractivity contribution in [3.63, 3.8) is 0 Å². The van der Waals surface area contributed by atoms with Gasteiger partial charge < -0.3 is 10.1 Å². The van der Waals surface area contributed by atoms with Crippen LogP contribution >= 0.6 is 27.3 Å². The van der Waals surface area contributed by atoms with E-state index < -0.39 is 5.97 Å². The number of rotatable bonds is 4. The lowest BCUT2D eigenvalue weighted by Crippen LogP contribution is -2.20. The van der Waals surface area contributed by atoms with Gasteiger partial charge in [0.05, 0.1) is 6.42 Å². The lowest BCUT2D eigenvalue weighted by Gasteiger charge is -2.02. The van der Waals surface area contributed by atoms with Crippen molar-refractivity contribution < 1.29 is 14.3 Å². The van der Waals surface area contributed by atoms with E-state index in [2.05, 4.69) is 21.2 Å². The summed E-state index contributed by atoms with van der Waals surface area (Å²) in [5.74, 6) is -0.547. The third-order valence-corrected chi connectivity index (χ3v) is 3.46. The molecule has 0 radical (unpaired) electrons. The number of hydrogen-bond acceptors (Lipinski definition) is 4. The van der Waals surface area contributed by atoms with Gasteiger partial charge in [0, 0.05) is 11.5 Å². The average Bonchev–Trinajstić information content (AvgIpc) is 2.64. The summed E-state index contributed by atoms with van der Waals surface area (Å²) in [5.41, 5.74) is 0. The Labute approximate surface area is 99.8 Å². The highest BCUT2D eigenvalue weighted by Gasteiger charge is 2.13. The van der Waals surface area contributed by atoms with Crippen molar-refractivity contribution in [2.75, 3.05) is 13.7 Å². The molecule has 4 nitrogen and oxygen atoms in total. The van der Waals surface area contributed by atoms with Gasteiger partial charge in [-0.3, -0.25) is 4.79 Å². The molecule has 1 amide bonds. The van der Waals surface area contributed by atoms with Gasteiger partial charge in [-0.15, -0.1) is 11.3 Å². The largest absolute Gasteiger partial charge is 0.461 e. The van der Waals surface area contributed by atoms with Crippen molar-refractivity contribution in [3.05, 3.63) is 20.8 Å². The number of amides is 1. The van der Waals surface area contributed by atoms with Crippen LogP contribution < -0.4 is 5.32 Å². The smallest absolute Gasteiger partial charge is 0.349 e. The van der Waals surface area contributed by atoms with Gasteiger partial charge in [-0.05, 0) is 27.4 Å². The van der Waals surface area contributed by atoms with Gasteiger partial charge >= 0.3 is 5.97 Å².